The fourth-order valence-corrected chi connectivity index (χ4v) is 4.71. The quantitative estimate of drug-likeness (QED) is 0.440. The number of carbonyl (C=O) groups excluding carboxylic acids is 3. The van der Waals surface area contributed by atoms with Gasteiger partial charge in [0.1, 0.15) is 11.4 Å². The summed E-state index contributed by atoms with van der Waals surface area (Å²) in [6.45, 7) is 3.41. The van der Waals surface area contributed by atoms with Crippen LogP contribution in [0.15, 0.2) is 69.4 Å². The predicted octanol–water partition coefficient (Wildman–Crippen LogP) is 4.10. The summed E-state index contributed by atoms with van der Waals surface area (Å²) in [5.41, 5.74) is 1.94. The molecule has 10 nitrogen and oxygen atoms in total. The maximum absolute atomic E-state index is 13.4. The molecule has 2 aliphatic heterocycles. The summed E-state index contributed by atoms with van der Waals surface area (Å²) in [4.78, 5) is 46.7. The third kappa shape index (κ3) is 5.83. The van der Waals surface area contributed by atoms with E-state index >= 15 is 0 Å². The molecule has 0 saturated heterocycles. The fraction of sp³-hybridized carbons (Fsp3) is 0.333. The highest BCUT2D eigenvalue weighted by atomic mass is 79.9. The lowest BCUT2D eigenvalue weighted by Gasteiger charge is -2.36. The lowest BCUT2D eigenvalue weighted by molar-refractivity contribution is -0.143. The molecule has 11 heteroatoms. The minimum absolute atomic E-state index is 0.0164. The number of carbonyl (C=O) groups is 3. The molecule has 0 bridgehead atoms. The van der Waals surface area contributed by atoms with Crippen LogP contribution in [0.3, 0.4) is 0 Å². The first-order valence-electron chi connectivity index (χ1n) is 12.1. The molecule has 0 radical (unpaired) electrons. The largest absolute Gasteiger partial charge is 0.497 e. The molecular formula is C27H28BrN3O7. The van der Waals surface area contributed by atoms with E-state index in [0.717, 1.165) is 10.0 Å². The van der Waals surface area contributed by atoms with Crippen molar-refractivity contribution in [2.75, 3.05) is 26.9 Å². The topological polar surface area (TPSA) is 116 Å². The maximum Gasteiger partial charge on any atom is 0.355 e. The van der Waals surface area contributed by atoms with E-state index in [1.165, 1.54) is 4.90 Å². The molecule has 1 N–H and O–H groups in total. The zero-order valence-electron chi connectivity index (χ0n) is 21.2. The summed E-state index contributed by atoms with van der Waals surface area (Å²) >= 11 is 3.42. The van der Waals surface area contributed by atoms with Gasteiger partial charge < -0.3 is 24.4 Å². The minimum atomic E-state index is -0.926. The van der Waals surface area contributed by atoms with Crippen molar-refractivity contribution >= 4 is 39.6 Å². The van der Waals surface area contributed by atoms with Gasteiger partial charge in [-0.05, 0) is 61.4 Å². The van der Waals surface area contributed by atoms with Gasteiger partial charge in [0.25, 0.3) is 0 Å². The number of nitrogens with zero attached hydrogens (tertiary/aromatic N) is 2. The molecule has 2 aromatic rings. The Bertz CT molecular complexity index is 1280. The fourth-order valence-electron chi connectivity index (χ4n) is 4.29. The van der Waals surface area contributed by atoms with Crippen LogP contribution in [0, 0.1) is 0 Å². The van der Waals surface area contributed by atoms with Crippen LogP contribution in [-0.2, 0) is 23.9 Å². The van der Waals surface area contributed by atoms with Crippen molar-refractivity contribution < 1.29 is 33.4 Å². The first kappa shape index (κ1) is 27.2. The molecule has 38 heavy (non-hydrogen) atoms. The van der Waals surface area contributed by atoms with E-state index in [9.17, 15) is 14.4 Å². The van der Waals surface area contributed by atoms with Crippen LogP contribution < -0.4 is 10.1 Å². The van der Waals surface area contributed by atoms with E-state index in [1.807, 2.05) is 30.3 Å². The number of hydrogen-bond donors (Lipinski definition) is 1. The van der Waals surface area contributed by atoms with Gasteiger partial charge in [0.2, 0.25) is 0 Å². The molecule has 0 spiro atoms. The number of hydrogen-bond acceptors (Lipinski definition) is 8. The number of methoxy groups -OCH3 is 1. The van der Waals surface area contributed by atoms with Gasteiger partial charge in [0.05, 0.1) is 44.2 Å². The van der Waals surface area contributed by atoms with Gasteiger partial charge in [-0.3, -0.25) is 4.90 Å². The smallest absolute Gasteiger partial charge is 0.355 e. The Morgan fingerprint density at radius 1 is 1.11 bits per heavy atom. The first-order valence-corrected chi connectivity index (χ1v) is 12.9. The lowest BCUT2D eigenvalue weighted by atomic mass is 9.94. The number of esters is 2. The zero-order chi connectivity index (χ0) is 27.2. The van der Waals surface area contributed by atoms with Crippen molar-refractivity contribution in [3.8, 4) is 5.75 Å². The first-order chi connectivity index (χ1) is 18.4. The molecule has 2 aliphatic rings. The lowest BCUT2D eigenvalue weighted by Crippen LogP contribution is -2.52. The molecule has 0 aromatic heterocycles. The highest BCUT2D eigenvalue weighted by molar-refractivity contribution is 9.10. The molecule has 0 saturated carbocycles. The summed E-state index contributed by atoms with van der Waals surface area (Å²) in [7, 11) is 1.59. The Morgan fingerprint density at radius 3 is 2.47 bits per heavy atom. The number of rotatable bonds is 9. The molecule has 2 heterocycles. The second kappa shape index (κ2) is 12.1. The van der Waals surface area contributed by atoms with Gasteiger partial charge in [-0.2, -0.15) is 0 Å². The zero-order valence-corrected chi connectivity index (χ0v) is 22.8. The van der Waals surface area contributed by atoms with Crippen molar-refractivity contribution in [1.82, 2.24) is 10.2 Å². The number of ether oxygens (including phenoxy) is 3. The summed E-state index contributed by atoms with van der Waals surface area (Å²) in [5, 5.41) is 7.03. The molecule has 200 valence electrons. The van der Waals surface area contributed by atoms with Gasteiger partial charge in [-0.25, -0.2) is 14.4 Å². The number of nitrogens with one attached hydrogen (secondary N) is 1. The van der Waals surface area contributed by atoms with E-state index < -0.39 is 30.1 Å². The maximum atomic E-state index is 13.4. The Balaban J connectivity index is 1.68. The molecule has 2 amide bonds. The van der Waals surface area contributed by atoms with Gasteiger partial charge in [-0.15, -0.1) is 0 Å². The highest BCUT2D eigenvalue weighted by Gasteiger charge is 2.43. The number of halogens is 1. The molecule has 2 atom stereocenters. The summed E-state index contributed by atoms with van der Waals surface area (Å²) in [5.74, 6) is -0.821. The van der Waals surface area contributed by atoms with Crippen LogP contribution in [0.5, 0.6) is 5.75 Å². The molecule has 2 aromatic carbocycles. The summed E-state index contributed by atoms with van der Waals surface area (Å²) in [6.07, 6.45) is -0.177. The standard InChI is InChI=1S/C27H28BrN3O7/c1-4-36-25(32)22-23(17-7-6-8-18(28)13-17)29-27(34)31(24(22)26(33)37-5-2)15-20-14-21(30-38-20)16-9-11-19(35-3)12-10-16/h6-13,20,23H,4-5,14-15H2,1-3H3,(H,29,34). The molecular weight excluding hydrogens is 558 g/mol. The normalized spacial score (nSPS) is 18.9. The average molecular weight is 586 g/mol. The van der Waals surface area contributed by atoms with Crippen LogP contribution in [0.2, 0.25) is 0 Å². The van der Waals surface area contributed by atoms with Crippen molar-refractivity contribution in [2.45, 2.75) is 32.4 Å². The summed E-state index contributed by atoms with van der Waals surface area (Å²) < 4.78 is 16.5. The predicted molar refractivity (Wildman–Crippen MR) is 141 cm³/mol. The Labute approximate surface area is 228 Å². The van der Waals surface area contributed by atoms with Crippen LogP contribution in [0.25, 0.3) is 0 Å². The number of benzene rings is 2. The number of amides is 2. The van der Waals surface area contributed by atoms with Gasteiger partial charge in [0.15, 0.2) is 6.10 Å². The van der Waals surface area contributed by atoms with Crippen molar-refractivity contribution in [2.24, 2.45) is 5.16 Å². The van der Waals surface area contributed by atoms with Crippen molar-refractivity contribution in [3.63, 3.8) is 0 Å². The SMILES string of the molecule is CCOC(=O)C1=C(C(=O)OCC)N(CC2CC(c3ccc(OC)cc3)=NO2)C(=O)NC1c1cccc(Br)c1. The van der Waals surface area contributed by atoms with Crippen LogP contribution in [0.4, 0.5) is 4.79 Å². The Hall–Kier alpha value is -3.86. The average Bonchev–Trinajstić information content (AvgIpc) is 3.38. The number of oxime groups is 1. The van der Waals surface area contributed by atoms with E-state index in [1.54, 1.807) is 39.2 Å². The Kier molecular flexibility index (Phi) is 8.67. The molecule has 2 unspecified atom stereocenters. The van der Waals surface area contributed by atoms with Crippen LogP contribution in [-0.4, -0.2) is 61.6 Å². The van der Waals surface area contributed by atoms with Gasteiger partial charge >= 0.3 is 18.0 Å². The summed E-state index contributed by atoms with van der Waals surface area (Å²) in [6, 6.07) is 13.0. The Morgan fingerprint density at radius 2 is 1.82 bits per heavy atom. The van der Waals surface area contributed by atoms with Crippen molar-refractivity contribution in [3.05, 3.63) is 75.4 Å². The van der Waals surface area contributed by atoms with Crippen molar-refractivity contribution in [1.29, 1.82) is 0 Å². The van der Waals surface area contributed by atoms with Crippen LogP contribution in [0.1, 0.15) is 37.4 Å². The third-order valence-electron chi connectivity index (χ3n) is 6.02. The van der Waals surface area contributed by atoms with Crippen LogP contribution >= 0.6 is 15.9 Å². The second-order valence-electron chi connectivity index (χ2n) is 8.45. The third-order valence-corrected chi connectivity index (χ3v) is 6.51. The second-order valence-corrected chi connectivity index (χ2v) is 9.37. The van der Waals surface area contributed by atoms with E-state index in [2.05, 4.69) is 26.4 Å². The monoisotopic (exact) mass is 585 g/mol. The molecule has 4 rings (SSSR count). The molecule has 0 fully saturated rings. The van der Waals surface area contributed by atoms with E-state index in [4.69, 9.17) is 19.0 Å². The van der Waals surface area contributed by atoms with E-state index in [0.29, 0.717) is 23.4 Å². The van der Waals surface area contributed by atoms with E-state index in [-0.39, 0.29) is 31.0 Å². The van der Waals surface area contributed by atoms with Gasteiger partial charge in [-0.1, -0.05) is 33.2 Å². The molecule has 0 aliphatic carbocycles. The number of urea groups is 1. The highest BCUT2D eigenvalue weighted by Crippen LogP contribution is 2.34. The minimum Gasteiger partial charge on any atom is -0.497 e. The van der Waals surface area contributed by atoms with Gasteiger partial charge in [0, 0.05) is 10.9 Å².